The zero-order valence-electron chi connectivity index (χ0n) is 18.3. The summed E-state index contributed by atoms with van der Waals surface area (Å²) in [6, 6.07) is 30.4. The minimum Gasteiger partial charge on any atom is -0.324 e. The van der Waals surface area contributed by atoms with E-state index in [9.17, 15) is 10.1 Å². The van der Waals surface area contributed by atoms with Crippen LogP contribution in [0.1, 0.15) is 29.7 Å². The normalized spacial score (nSPS) is 15.8. The fourth-order valence-corrected chi connectivity index (χ4v) is 4.36. The molecule has 0 spiro atoms. The molecule has 0 aliphatic carbocycles. The number of carbonyl (C=O) groups excluding carboxylic acids is 1. The number of para-hydroxylation sites is 1. The van der Waals surface area contributed by atoms with Gasteiger partial charge in [0.15, 0.2) is 0 Å². The number of nitriles is 1. The Morgan fingerprint density at radius 1 is 0.812 bits per heavy atom. The molecule has 1 aliphatic heterocycles. The molecule has 0 bridgehead atoms. The minimum atomic E-state index is -0.268. The molecule has 3 aromatic carbocycles. The van der Waals surface area contributed by atoms with E-state index in [0.717, 1.165) is 26.2 Å². The van der Waals surface area contributed by atoms with Gasteiger partial charge in [-0.25, -0.2) is 0 Å². The molecule has 0 saturated carbocycles. The van der Waals surface area contributed by atoms with Gasteiger partial charge in [-0.15, -0.1) is 0 Å². The average Bonchev–Trinajstić information content (AvgIpc) is 2.86. The summed E-state index contributed by atoms with van der Waals surface area (Å²) in [4.78, 5) is 17.6. The maximum atomic E-state index is 12.9. The molecule has 5 heteroatoms. The Labute approximate surface area is 189 Å². The van der Waals surface area contributed by atoms with Crippen molar-refractivity contribution in [2.45, 2.75) is 19.0 Å². The first kappa shape index (κ1) is 21.8. The van der Waals surface area contributed by atoms with Gasteiger partial charge < -0.3 is 5.32 Å². The van der Waals surface area contributed by atoms with Gasteiger partial charge in [0.05, 0.1) is 23.3 Å². The van der Waals surface area contributed by atoms with Crippen molar-refractivity contribution >= 4 is 11.6 Å². The fourth-order valence-electron chi connectivity index (χ4n) is 4.36. The molecule has 1 atom stereocenters. The molecule has 1 amide bonds. The van der Waals surface area contributed by atoms with Crippen molar-refractivity contribution in [3.05, 3.63) is 102 Å². The molecule has 0 aromatic heterocycles. The van der Waals surface area contributed by atoms with E-state index in [1.54, 1.807) is 18.2 Å². The molecule has 5 nitrogen and oxygen atoms in total. The lowest BCUT2D eigenvalue weighted by molar-refractivity contribution is -0.121. The van der Waals surface area contributed by atoms with E-state index in [2.05, 4.69) is 69.7 Å². The van der Waals surface area contributed by atoms with E-state index < -0.39 is 0 Å². The van der Waals surface area contributed by atoms with E-state index in [4.69, 9.17) is 0 Å². The van der Waals surface area contributed by atoms with Crippen molar-refractivity contribution in [2.75, 3.05) is 31.5 Å². The Morgan fingerprint density at radius 2 is 1.31 bits per heavy atom. The van der Waals surface area contributed by atoms with Crippen LogP contribution in [0.3, 0.4) is 0 Å². The number of hydrogen-bond acceptors (Lipinski definition) is 4. The van der Waals surface area contributed by atoms with Gasteiger partial charge in [-0.3, -0.25) is 14.6 Å². The monoisotopic (exact) mass is 424 g/mol. The number of nitrogens with zero attached hydrogens (tertiary/aromatic N) is 3. The van der Waals surface area contributed by atoms with Gasteiger partial charge >= 0.3 is 0 Å². The number of nitrogens with one attached hydrogen (secondary N) is 1. The highest BCUT2D eigenvalue weighted by Gasteiger charge is 2.30. The predicted molar refractivity (Wildman–Crippen MR) is 127 cm³/mol. The third kappa shape index (κ3) is 4.88. The van der Waals surface area contributed by atoms with Crippen LogP contribution in [0.5, 0.6) is 0 Å². The lowest BCUT2D eigenvalue weighted by atomic mass is 9.96. The molecule has 1 aliphatic rings. The maximum Gasteiger partial charge on any atom is 0.241 e. The third-order valence-electron chi connectivity index (χ3n) is 6.18. The molecule has 3 aromatic rings. The average molecular weight is 425 g/mol. The van der Waals surface area contributed by atoms with Crippen LogP contribution < -0.4 is 5.32 Å². The second-order valence-corrected chi connectivity index (χ2v) is 8.12. The highest BCUT2D eigenvalue weighted by molar-refractivity contribution is 5.95. The Kier molecular flexibility index (Phi) is 6.96. The number of anilines is 1. The van der Waals surface area contributed by atoms with Crippen LogP contribution in [0, 0.1) is 11.3 Å². The summed E-state index contributed by atoms with van der Waals surface area (Å²) < 4.78 is 0. The number of rotatable bonds is 6. The zero-order valence-corrected chi connectivity index (χ0v) is 18.3. The van der Waals surface area contributed by atoms with Gasteiger partial charge in [-0.2, -0.15) is 5.26 Å². The summed E-state index contributed by atoms with van der Waals surface area (Å²) in [5, 5.41) is 12.2. The van der Waals surface area contributed by atoms with Crippen LogP contribution in [0.15, 0.2) is 84.9 Å². The highest BCUT2D eigenvalue weighted by atomic mass is 16.2. The number of benzene rings is 3. The van der Waals surface area contributed by atoms with Crippen LogP contribution in [-0.4, -0.2) is 47.9 Å². The van der Waals surface area contributed by atoms with Crippen LogP contribution in [0.4, 0.5) is 5.69 Å². The number of amides is 1. The lowest BCUT2D eigenvalue weighted by Gasteiger charge is -2.41. The van der Waals surface area contributed by atoms with Gasteiger partial charge in [0.25, 0.3) is 0 Å². The molecule has 1 saturated heterocycles. The van der Waals surface area contributed by atoms with Crippen molar-refractivity contribution in [1.82, 2.24) is 9.80 Å². The minimum absolute atomic E-state index is 0.0798. The first-order valence-corrected chi connectivity index (χ1v) is 11.1. The Morgan fingerprint density at radius 3 is 1.88 bits per heavy atom. The molecule has 162 valence electrons. The fraction of sp³-hybridized carbons (Fsp3) is 0.259. The van der Waals surface area contributed by atoms with E-state index in [0.29, 0.717) is 11.3 Å². The zero-order chi connectivity index (χ0) is 22.3. The second-order valence-electron chi connectivity index (χ2n) is 8.12. The van der Waals surface area contributed by atoms with Crippen molar-refractivity contribution in [1.29, 1.82) is 5.26 Å². The Balaban J connectivity index is 1.43. The quantitative estimate of drug-likeness (QED) is 0.641. The van der Waals surface area contributed by atoms with Crippen LogP contribution in [0.25, 0.3) is 0 Å². The van der Waals surface area contributed by atoms with Gasteiger partial charge in [0, 0.05) is 26.2 Å². The van der Waals surface area contributed by atoms with Gasteiger partial charge in [-0.1, -0.05) is 72.8 Å². The molecule has 0 unspecified atom stereocenters. The standard InChI is InChI=1S/C27H28N4O/c1-21(27(32)29-25-15-9-8-14-24(25)20-28)30-16-18-31(19-17-30)26(22-10-4-2-5-11-22)23-12-6-3-7-13-23/h2-15,21,26H,16-19H2,1H3,(H,29,32)/t21-/m0/s1. The van der Waals surface area contributed by atoms with E-state index in [-0.39, 0.29) is 18.0 Å². The summed E-state index contributed by atoms with van der Waals surface area (Å²) in [6.45, 7) is 5.31. The van der Waals surface area contributed by atoms with Crippen molar-refractivity contribution in [3.63, 3.8) is 0 Å². The molecule has 1 N–H and O–H groups in total. The van der Waals surface area contributed by atoms with Gasteiger partial charge in [0.1, 0.15) is 6.07 Å². The highest BCUT2D eigenvalue weighted by Crippen LogP contribution is 2.29. The summed E-state index contributed by atoms with van der Waals surface area (Å²) in [5.41, 5.74) is 3.61. The van der Waals surface area contributed by atoms with Crippen molar-refractivity contribution < 1.29 is 4.79 Å². The third-order valence-corrected chi connectivity index (χ3v) is 6.18. The molecular formula is C27H28N4O. The first-order valence-electron chi connectivity index (χ1n) is 11.1. The van der Waals surface area contributed by atoms with Gasteiger partial charge in [0.2, 0.25) is 5.91 Å². The van der Waals surface area contributed by atoms with Crippen LogP contribution in [-0.2, 0) is 4.79 Å². The molecule has 32 heavy (non-hydrogen) atoms. The van der Waals surface area contributed by atoms with E-state index in [1.807, 2.05) is 25.1 Å². The maximum absolute atomic E-state index is 12.9. The number of hydrogen-bond donors (Lipinski definition) is 1. The first-order chi connectivity index (χ1) is 15.7. The molecule has 1 heterocycles. The lowest BCUT2D eigenvalue weighted by Crippen LogP contribution is -2.53. The van der Waals surface area contributed by atoms with Crippen LogP contribution in [0.2, 0.25) is 0 Å². The SMILES string of the molecule is C[C@@H](C(=O)Nc1ccccc1C#N)N1CCN(C(c2ccccc2)c2ccccc2)CC1. The topological polar surface area (TPSA) is 59.4 Å². The van der Waals surface area contributed by atoms with Gasteiger partial charge in [-0.05, 0) is 30.2 Å². The largest absolute Gasteiger partial charge is 0.324 e. The van der Waals surface area contributed by atoms with E-state index >= 15 is 0 Å². The van der Waals surface area contributed by atoms with Crippen molar-refractivity contribution in [2.24, 2.45) is 0 Å². The predicted octanol–water partition coefficient (Wildman–Crippen LogP) is 4.29. The summed E-state index contributed by atoms with van der Waals surface area (Å²) in [5.74, 6) is -0.0798. The molecule has 1 fully saturated rings. The van der Waals surface area contributed by atoms with Crippen molar-refractivity contribution in [3.8, 4) is 6.07 Å². The summed E-state index contributed by atoms with van der Waals surface area (Å²) in [6.07, 6.45) is 0. The summed E-state index contributed by atoms with van der Waals surface area (Å²) >= 11 is 0. The number of piperazine rings is 1. The smallest absolute Gasteiger partial charge is 0.241 e. The second kappa shape index (κ2) is 10.2. The number of carbonyl (C=O) groups is 1. The molecule has 0 radical (unpaired) electrons. The molecular weight excluding hydrogens is 396 g/mol. The molecule has 4 rings (SSSR count). The van der Waals surface area contributed by atoms with E-state index in [1.165, 1.54) is 11.1 Å². The summed E-state index contributed by atoms with van der Waals surface area (Å²) in [7, 11) is 0. The van der Waals surface area contributed by atoms with Crippen LogP contribution >= 0.6 is 0 Å². The Bertz CT molecular complexity index is 1030. The Hall–Kier alpha value is -3.46.